The van der Waals surface area contributed by atoms with Gasteiger partial charge in [-0.2, -0.15) is 0 Å². The van der Waals surface area contributed by atoms with Crippen molar-refractivity contribution in [2.24, 2.45) is 0 Å². The van der Waals surface area contributed by atoms with Crippen molar-refractivity contribution in [3.63, 3.8) is 0 Å². The minimum Gasteiger partial charge on any atom is -0.236 e. The van der Waals surface area contributed by atoms with E-state index in [1.165, 1.54) is 54.6 Å². The Hall–Kier alpha value is -1.76. The summed E-state index contributed by atoms with van der Waals surface area (Å²) in [4.78, 5) is 0. The van der Waals surface area contributed by atoms with Crippen LogP contribution >= 0.6 is 0 Å². The standard InChI is InChI=1S/C20H22N.ClH3O4/c1-6-12-21(13-7-1)18-14-16-8-2-4-10-19(16)20-11-5-3-9-17(20)15-18;2-1(3,4)5/h2-5,8-11H,1,6-7,12-15H2;2-4H/q+1;. The van der Waals surface area contributed by atoms with E-state index in [0.717, 1.165) is 12.8 Å². The van der Waals surface area contributed by atoms with Gasteiger partial charge in [0.05, 0.1) is 12.8 Å². The quantitative estimate of drug-likeness (QED) is 0.602. The second-order valence-electron chi connectivity index (χ2n) is 6.72. The Bertz CT molecular complexity index is 735. The van der Waals surface area contributed by atoms with Crippen LogP contribution in [-0.2, 0) is 12.8 Å². The van der Waals surface area contributed by atoms with Gasteiger partial charge in [0, 0.05) is 12.8 Å². The zero-order valence-corrected chi connectivity index (χ0v) is 15.4. The van der Waals surface area contributed by atoms with Crippen LogP contribution in [0.4, 0.5) is 0 Å². The third-order valence-electron chi connectivity index (χ3n) is 4.92. The van der Waals surface area contributed by atoms with E-state index in [1.54, 1.807) is 5.71 Å². The molecule has 0 bridgehead atoms. The smallest absolute Gasteiger partial charge is 0.161 e. The molecule has 0 amide bonds. The molecule has 0 spiro atoms. The Kier molecular flexibility index (Phi) is 6.06. The maximum atomic E-state index is 8.83. The van der Waals surface area contributed by atoms with E-state index in [9.17, 15) is 0 Å². The molecule has 0 radical (unpaired) electrons. The first-order valence-corrected chi connectivity index (χ1v) is 10.2. The van der Waals surface area contributed by atoms with Crippen LogP contribution in [0.15, 0.2) is 48.5 Å². The van der Waals surface area contributed by atoms with Gasteiger partial charge in [0.1, 0.15) is 13.1 Å². The minimum atomic E-state index is -4.19. The van der Waals surface area contributed by atoms with Gasteiger partial charge in [-0.15, -0.1) is 0 Å². The fourth-order valence-electron chi connectivity index (χ4n) is 3.81. The number of rotatable bonds is 0. The Morgan fingerprint density at radius 2 is 1.15 bits per heavy atom. The maximum absolute atomic E-state index is 8.83. The molecule has 1 heterocycles. The summed E-state index contributed by atoms with van der Waals surface area (Å²) in [6.45, 7) is 2.50. The number of hydrogen-bond donors (Lipinski definition) is 3. The van der Waals surface area contributed by atoms with E-state index < -0.39 is 10.2 Å². The second-order valence-corrected chi connectivity index (χ2v) is 7.58. The summed E-state index contributed by atoms with van der Waals surface area (Å²) in [7, 11) is -4.19. The molecule has 0 saturated carbocycles. The summed E-state index contributed by atoms with van der Waals surface area (Å²) in [5, 5.41) is 0. The Balaban J connectivity index is 0.000000349. The van der Waals surface area contributed by atoms with Crippen molar-refractivity contribution in [1.29, 1.82) is 0 Å². The van der Waals surface area contributed by atoms with Crippen molar-refractivity contribution in [1.82, 2.24) is 0 Å². The van der Waals surface area contributed by atoms with Gasteiger partial charge in [-0.05, 0) is 28.7 Å². The molecule has 140 valence electrons. The van der Waals surface area contributed by atoms with Crippen molar-refractivity contribution in [3.8, 4) is 11.1 Å². The van der Waals surface area contributed by atoms with Gasteiger partial charge in [-0.25, -0.2) is 4.58 Å². The van der Waals surface area contributed by atoms with E-state index in [2.05, 4.69) is 53.1 Å². The summed E-state index contributed by atoms with van der Waals surface area (Å²) < 4.78 is 32.9. The van der Waals surface area contributed by atoms with Gasteiger partial charge in [-0.3, -0.25) is 0 Å². The molecule has 1 aliphatic heterocycles. The SMILES string of the molecule is [O-][Cl+](O)(O)O.c1ccc2c(c1)CC(=[N+]1CCCCC1)Cc1ccccc1-2. The Morgan fingerprint density at radius 1 is 0.731 bits per heavy atom. The molecule has 4 rings (SSSR count). The van der Waals surface area contributed by atoms with Gasteiger partial charge in [0.2, 0.25) is 0 Å². The molecular formula is C20H25ClNO4+. The van der Waals surface area contributed by atoms with Crippen LogP contribution in [0.25, 0.3) is 11.1 Å². The zero-order valence-electron chi connectivity index (χ0n) is 14.6. The first-order valence-electron chi connectivity index (χ1n) is 8.84. The topological polar surface area (TPSA) is 86.8 Å². The number of piperidine rings is 1. The molecule has 1 saturated heterocycles. The van der Waals surface area contributed by atoms with Gasteiger partial charge >= 0.3 is 28.9 Å². The molecule has 2 aliphatic rings. The molecule has 1 fully saturated rings. The molecule has 0 unspecified atom stereocenters. The molecule has 2 aromatic rings. The Morgan fingerprint density at radius 3 is 1.62 bits per heavy atom. The summed E-state index contributed by atoms with van der Waals surface area (Å²) in [5.41, 5.74) is 7.46. The van der Waals surface area contributed by atoms with Crippen LogP contribution < -0.4 is 4.66 Å². The fraction of sp³-hybridized carbons (Fsp3) is 0.350. The first kappa shape index (κ1) is 19.0. The van der Waals surface area contributed by atoms with Crippen molar-refractivity contribution >= 4 is 5.71 Å². The number of nitrogens with zero attached hydrogens (tertiary/aromatic N) is 1. The predicted octanol–water partition coefficient (Wildman–Crippen LogP) is 1.23. The summed E-state index contributed by atoms with van der Waals surface area (Å²) >= 11 is 0. The minimum absolute atomic E-state index is 1.12. The largest absolute Gasteiger partial charge is 0.236 e. The van der Waals surface area contributed by atoms with Crippen LogP contribution in [0, 0.1) is 10.2 Å². The third-order valence-corrected chi connectivity index (χ3v) is 4.92. The van der Waals surface area contributed by atoms with Crippen LogP contribution in [0.2, 0.25) is 0 Å². The van der Waals surface area contributed by atoms with Gasteiger partial charge in [0.15, 0.2) is 5.71 Å². The van der Waals surface area contributed by atoms with E-state index in [4.69, 9.17) is 18.6 Å². The molecule has 2 aromatic carbocycles. The number of halogens is 1. The first-order chi connectivity index (χ1) is 12.4. The Labute approximate surface area is 155 Å². The second kappa shape index (κ2) is 8.29. The molecule has 3 N–H and O–H groups in total. The fourth-order valence-corrected chi connectivity index (χ4v) is 3.81. The predicted molar refractivity (Wildman–Crippen MR) is 94.8 cm³/mol. The van der Waals surface area contributed by atoms with Crippen molar-refractivity contribution < 1.29 is 33.5 Å². The molecule has 26 heavy (non-hydrogen) atoms. The molecule has 5 nitrogen and oxygen atoms in total. The molecular weight excluding hydrogens is 354 g/mol. The number of hydrogen-bond acceptors (Lipinski definition) is 4. The summed E-state index contributed by atoms with van der Waals surface area (Å²) in [6.07, 6.45) is 6.34. The van der Waals surface area contributed by atoms with E-state index in [1.807, 2.05) is 0 Å². The maximum Gasteiger partial charge on any atom is 0.161 e. The van der Waals surface area contributed by atoms with Gasteiger partial charge in [0.25, 0.3) is 0 Å². The number of benzene rings is 2. The van der Waals surface area contributed by atoms with E-state index in [-0.39, 0.29) is 0 Å². The van der Waals surface area contributed by atoms with Gasteiger partial charge < -0.3 is 0 Å². The third kappa shape index (κ3) is 5.13. The number of fused-ring (bicyclic) bond motifs is 3. The molecule has 6 heteroatoms. The molecule has 0 atom stereocenters. The van der Waals surface area contributed by atoms with Crippen molar-refractivity contribution in [3.05, 3.63) is 59.7 Å². The zero-order chi connectivity index (χ0) is 18.6. The average Bonchev–Trinajstić information content (AvgIpc) is 2.78. The van der Waals surface area contributed by atoms with E-state index >= 15 is 0 Å². The van der Waals surface area contributed by atoms with Crippen molar-refractivity contribution in [2.75, 3.05) is 13.1 Å². The molecule has 0 aromatic heterocycles. The normalized spacial score (nSPS) is 17.4. The monoisotopic (exact) mass is 378 g/mol. The van der Waals surface area contributed by atoms with Crippen LogP contribution in [0.5, 0.6) is 0 Å². The van der Waals surface area contributed by atoms with Crippen molar-refractivity contribution in [2.45, 2.75) is 32.1 Å². The molecule has 1 aliphatic carbocycles. The summed E-state index contributed by atoms with van der Waals surface area (Å²) in [5.74, 6) is 0. The average molecular weight is 379 g/mol. The van der Waals surface area contributed by atoms with Crippen LogP contribution in [-0.4, -0.2) is 37.4 Å². The van der Waals surface area contributed by atoms with Crippen LogP contribution in [0.3, 0.4) is 0 Å². The van der Waals surface area contributed by atoms with E-state index in [0.29, 0.717) is 0 Å². The summed E-state index contributed by atoms with van der Waals surface area (Å²) in [6, 6.07) is 17.9. The van der Waals surface area contributed by atoms with Crippen LogP contribution in [0.1, 0.15) is 30.4 Å². The van der Waals surface area contributed by atoms with Gasteiger partial charge in [-0.1, -0.05) is 48.5 Å².